The first-order valence-electron chi connectivity index (χ1n) is 10.8. The molecule has 2 aromatic heterocycles. The second-order valence-corrected chi connectivity index (χ2v) is 8.14. The maximum Gasteiger partial charge on any atom is 0.287 e. The van der Waals surface area contributed by atoms with Crippen LogP contribution in [0.25, 0.3) is 22.4 Å². The Hall–Kier alpha value is -3.62. The number of fused-ring (bicyclic) bond motifs is 1. The molecule has 168 valence electrons. The van der Waals surface area contributed by atoms with Crippen molar-refractivity contribution >= 4 is 34.7 Å². The molecule has 1 aliphatic rings. The summed E-state index contributed by atoms with van der Waals surface area (Å²) in [6.07, 6.45) is 5.54. The summed E-state index contributed by atoms with van der Waals surface area (Å²) in [5.74, 6) is 0.269. The summed E-state index contributed by atoms with van der Waals surface area (Å²) < 4.78 is 5.72. The molecule has 1 saturated carbocycles. The average Bonchev–Trinajstić information content (AvgIpc) is 3.43. The lowest BCUT2D eigenvalue weighted by molar-refractivity contribution is -0.131. The van der Waals surface area contributed by atoms with E-state index in [4.69, 9.17) is 4.42 Å². The first-order chi connectivity index (χ1) is 15.4. The zero-order valence-corrected chi connectivity index (χ0v) is 18.2. The number of aromatic amines is 1. The van der Waals surface area contributed by atoms with Gasteiger partial charge in [-0.3, -0.25) is 19.7 Å². The molecule has 2 heterocycles. The number of H-pyrrole nitrogens is 1. The Morgan fingerprint density at radius 1 is 1.16 bits per heavy atom. The summed E-state index contributed by atoms with van der Waals surface area (Å²) in [7, 11) is 1.80. The summed E-state index contributed by atoms with van der Waals surface area (Å²) in [6.45, 7) is 1.35. The zero-order chi connectivity index (χ0) is 22.7. The number of rotatable bonds is 6. The maximum absolute atomic E-state index is 12.5. The summed E-state index contributed by atoms with van der Waals surface area (Å²) >= 11 is 0. The van der Waals surface area contributed by atoms with E-state index >= 15 is 0 Å². The minimum Gasteiger partial charge on any atom is -0.451 e. The van der Waals surface area contributed by atoms with E-state index in [2.05, 4.69) is 20.6 Å². The van der Waals surface area contributed by atoms with Crippen molar-refractivity contribution in [3.8, 4) is 11.3 Å². The number of benzene rings is 1. The van der Waals surface area contributed by atoms with Gasteiger partial charge in [0.2, 0.25) is 17.8 Å². The first-order valence-corrected chi connectivity index (χ1v) is 10.8. The Labute approximate surface area is 185 Å². The molecule has 0 bridgehead atoms. The van der Waals surface area contributed by atoms with Crippen LogP contribution >= 0.6 is 0 Å². The topological polar surface area (TPSA) is 120 Å². The maximum atomic E-state index is 12.5. The van der Waals surface area contributed by atoms with Crippen molar-refractivity contribution < 1.29 is 18.8 Å². The Bertz CT molecular complexity index is 1140. The molecule has 0 spiro atoms. The van der Waals surface area contributed by atoms with E-state index in [-0.39, 0.29) is 30.2 Å². The largest absolute Gasteiger partial charge is 0.451 e. The highest BCUT2D eigenvalue weighted by Crippen LogP contribution is 2.26. The fourth-order valence-corrected chi connectivity index (χ4v) is 4.04. The van der Waals surface area contributed by atoms with Crippen LogP contribution in [0.2, 0.25) is 0 Å². The van der Waals surface area contributed by atoms with Gasteiger partial charge in [0.1, 0.15) is 5.76 Å². The average molecular weight is 438 g/mol. The second kappa shape index (κ2) is 9.25. The Kier molecular flexibility index (Phi) is 6.25. The molecule has 3 N–H and O–H groups in total. The lowest BCUT2D eigenvalue weighted by Gasteiger charge is -2.31. The number of anilines is 1. The predicted molar refractivity (Wildman–Crippen MR) is 120 cm³/mol. The SMILES string of the molecule is CC(=O)Nc1nc2ccc(-c3ccc(C(=O)NCC(=O)N(C)C4CCCCC4)o3)cc2[nH]1. The lowest BCUT2D eigenvalue weighted by atomic mass is 9.94. The molecule has 1 aliphatic carbocycles. The molecule has 0 unspecified atom stereocenters. The van der Waals surface area contributed by atoms with Gasteiger partial charge in [-0.15, -0.1) is 0 Å². The number of nitrogens with one attached hydrogen (secondary N) is 3. The minimum atomic E-state index is -0.433. The number of carbonyl (C=O) groups is 3. The van der Waals surface area contributed by atoms with Crippen LogP contribution in [0, 0.1) is 0 Å². The highest BCUT2D eigenvalue weighted by molar-refractivity contribution is 5.95. The summed E-state index contributed by atoms with van der Waals surface area (Å²) in [4.78, 5) is 45.2. The third-order valence-corrected chi connectivity index (χ3v) is 5.81. The van der Waals surface area contributed by atoms with Crippen molar-refractivity contribution in [3.05, 3.63) is 36.1 Å². The van der Waals surface area contributed by atoms with Crippen LogP contribution < -0.4 is 10.6 Å². The van der Waals surface area contributed by atoms with Gasteiger partial charge in [0.05, 0.1) is 17.6 Å². The smallest absolute Gasteiger partial charge is 0.287 e. The van der Waals surface area contributed by atoms with E-state index in [0.717, 1.165) is 36.8 Å². The van der Waals surface area contributed by atoms with Gasteiger partial charge in [0.15, 0.2) is 5.76 Å². The highest BCUT2D eigenvalue weighted by atomic mass is 16.3. The van der Waals surface area contributed by atoms with Crippen LogP contribution in [-0.2, 0) is 9.59 Å². The monoisotopic (exact) mass is 437 g/mol. The molecule has 9 heteroatoms. The number of amides is 3. The van der Waals surface area contributed by atoms with Gasteiger partial charge in [0, 0.05) is 25.6 Å². The van der Waals surface area contributed by atoms with E-state index in [1.165, 1.54) is 13.3 Å². The number of likely N-dealkylation sites (N-methyl/N-ethyl adjacent to an activating group) is 1. The molecular weight excluding hydrogens is 410 g/mol. The van der Waals surface area contributed by atoms with Crippen LogP contribution in [0.4, 0.5) is 5.95 Å². The highest BCUT2D eigenvalue weighted by Gasteiger charge is 2.22. The molecule has 9 nitrogen and oxygen atoms in total. The molecule has 4 rings (SSSR count). The van der Waals surface area contributed by atoms with Crippen molar-refractivity contribution in [1.82, 2.24) is 20.2 Å². The number of nitrogens with zero attached hydrogens (tertiary/aromatic N) is 2. The van der Waals surface area contributed by atoms with Crippen molar-refractivity contribution in [2.24, 2.45) is 0 Å². The van der Waals surface area contributed by atoms with Crippen LogP contribution in [0.3, 0.4) is 0 Å². The summed E-state index contributed by atoms with van der Waals surface area (Å²) in [6, 6.07) is 9.00. The fourth-order valence-electron chi connectivity index (χ4n) is 4.04. The van der Waals surface area contributed by atoms with Crippen LogP contribution in [0.5, 0.6) is 0 Å². The summed E-state index contributed by atoms with van der Waals surface area (Å²) in [5.41, 5.74) is 2.18. The fraction of sp³-hybridized carbons (Fsp3) is 0.391. The van der Waals surface area contributed by atoms with Gasteiger partial charge in [-0.2, -0.15) is 0 Å². The molecule has 1 aromatic carbocycles. The molecule has 3 amide bonds. The van der Waals surface area contributed by atoms with Gasteiger partial charge < -0.3 is 19.6 Å². The van der Waals surface area contributed by atoms with E-state index < -0.39 is 5.91 Å². The van der Waals surface area contributed by atoms with E-state index in [9.17, 15) is 14.4 Å². The van der Waals surface area contributed by atoms with E-state index in [1.807, 2.05) is 12.1 Å². The molecule has 1 fully saturated rings. The van der Waals surface area contributed by atoms with Gasteiger partial charge in [-0.1, -0.05) is 19.3 Å². The number of hydrogen-bond donors (Lipinski definition) is 3. The van der Waals surface area contributed by atoms with E-state index in [1.54, 1.807) is 30.1 Å². The molecule has 3 aromatic rings. The Morgan fingerprint density at radius 2 is 1.94 bits per heavy atom. The van der Waals surface area contributed by atoms with Crippen molar-refractivity contribution in [3.63, 3.8) is 0 Å². The van der Waals surface area contributed by atoms with Crippen LogP contribution in [0.15, 0.2) is 34.7 Å². The zero-order valence-electron chi connectivity index (χ0n) is 18.2. The third-order valence-electron chi connectivity index (χ3n) is 5.81. The van der Waals surface area contributed by atoms with Gasteiger partial charge in [0.25, 0.3) is 5.91 Å². The van der Waals surface area contributed by atoms with Gasteiger partial charge in [-0.05, 0) is 43.2 Å². The number of carbonyl (C=O) groups excluding carboxylic acids is 3. The molecule has 32 heavy (non-hydrogen) atoms. The molecule has 0 saturated heterocycles. The lowest BCUT2D eigenvalue weighted by Crippen LogP contribution is -2.44. The Balaban J connectivity index is 1.39. The number of hydrogen-bond acceptors (Lipinski definition) is 5. The Morgan fingerprint density at radius 3 is 2.69 bits per heavy atom. The normalized spacial score (nSPS) is 14.3. The van der Waals surface area contributed by atoms with Crippen LogP contribution in [0.1, 0.15) is 49.6 Å². The number of aromatic nitrogens is 2. The molecular formula is C23H27N5O4. The quantitative estimate of drug-likeness (QED) is 0.546. The third kappa shape index (κ3) is 4.82. The van der Waals surface area contributed by atoms with Crippen molar-refractivity contribution in [2.45, 2.75) is 45.1 Å². The second-order valence-electron chi connectivity index (χ2n) is 8.14. The molecule has 0 atom stereocenters. The van der Waals surface area contributed by atoms with Gasteiger partial charge >= 0.3 is 0 Å². The van der Waals surface area contributed by atoms with E-state index in [0.29, 0.717) is 17.2 Å². The standard InChI is InChI=1S/C23H27N5O4/c1-14(29)25-23-26-17-9-8-15(12-18(17)27-23)19-10-11-20(32-19)22(31)24-13-21(30)28(2)16-6-4-3-5-7-16/h8-12,16H,3-7,13H2,1-2H3,(H,24,31)(H2,25,26,27,29). The number of furan rings is 1. The first kappa shape index (κ1) is 21.6. The van der Waals surface area contributed by atoms with Crippen LogP contribution in [-0.4, -0.2) is 52.2 Å². The predicted octanol–water partition coefficient (Wildman–Crippen LogP) is 3.30. The summed E-state index contributed by atoms with van der Waals surface area (Å²) in [5, 5.41) is 5.27. The molecule has 0 radical (unpaired) electrons. The minimum absolute atomic E-state index is 0.0616. The number of imidazole rings is 1. The molecule has 0 aliphatic heterocycles. The van der Waals surface area contributed by atoms with Crippen molar-refractivity contribution in [2.75, 3.05) is 18.9 Å². The van der Waals surface area contributed by atoms with Crippen molar-refractivity contribution in [1.29, 1.82) is 0 Å². The van der Waals surface area contributed by atoms with Gasteiger partial charge in [-0.25, -0.2) is 4.98 Å².